The third-order valence-corrected chi connectivity index (χ3v) is 1.96. The molecule has 1 aromatic rings. The van der Waals surface area contributed by atoms with E-state index in [2.05, 4.69) is 0 Å². The number of nitrogens with one attached hydrogen (secondary N) is 2. The topological polar surface area (TPSA) is 124 Å². The van der Waals surface area contributed by atoms with Gasteiger partial charge in [0, 0.05) is 13.8 Å². The van der Waals surface area contributed by atoms with Gasteiger partial charge in [-0.3, -0.25) is 20.2 Å². The summed E-state index contributed by atoms with van der Waals surface area (Å²) in [5, 5.41) is 3.85. The average molecular weight is 298 g/mol. The van der Waals surface area contributed by atoms with Gasteiger partial charge in [0.1, 0.15) is 11.5 Å². The Morgan fingerprint density at radius 1 is 0.905 bits per heavy atom. The first-order valence-corrected chi connectivity index (χ1v) is 5.83. The Morgan fingerprint density at radius 2 is 1.29 bits per heavy atom. The fourth-order valence-electron chi connectivity index (χ4n) is 1.21. The van der Waals surface area contributed by atoms with Crippen LogP contribution < -0.4 is 10.6 Å². The normalized spacial score (nSPS) is 9.62. The molecule has 0 aliphatic rings. The van der Waals surface area contributed by atoms with Gasteiger partial charge >= 0.3 is 12.2 Å². The van der Waals surface area contributed by atoms with Crippen LogP contribution in [-0.2, 0) is 32.3 Å². The molecule has 2 N–H and O–H groups in total. The summed E-state index contributed by atoms with van der Waals surface area (Å²) in [5.41, 5.74) is 0. The molecule has 1 rings (SSSR count). The number of furan rings is 1. The zero-order valence-electron chi connectivity index (χ0n) is 11.4. The molecule has 9 nitrogen and oxygen atoms in total. The molecule has 114 valence electrons. The van der Waals surface area contributed by atoms with Gasteiger partial charge in [-0.1, -0.05) is 0 Å². The maximum atomic E-state index is 11.0. The van der Waals surface area contributed by atoms with E-state index in [1.54, 1.807) is 0 Å². The second kappa shape index (κ2) is 7.68. The molecule has 0 saturated heterocycles. The van der Waals surface area contributed by atoms with Crippen molar-refractivity contribution in [3.8, 4) is 0 Å². The Morgan fingerprint density at radius 3 is 1.62 bits per heavy atom. The maximum Gasteiger partial charge on any atom is 0.414 e. The van der Waals surface area contributed by atoms with Crippen molar-refractivity contribution >= 4 is 24.0 Å². The molecule has 0 saturated carbocycles. The summed E-state index contributed by atoms with van der Waals surface area (Å²) in [6.45, 7) is 1.99. The van der Waals surface area contributed by atoms with Crippen molar-refractivity contribution in [2.45, 2.75) is 27.1 Å². The molecule has 0 aliphatic heterocycles. The first kappa shape index (κ1) is 16.2. The third-order valence-electron chi connectivity index (χ3n) is 1.96. The third kappa shape index (κ3) is 6.76. The molecular weight excluding hydrogens is 284 g/mol. The van der Waals surface area contributed by atoms with E-state index in [1.807, 2.05) is 10.6 Å². The van der Waals surface area contributed by atoms with Crippen LogP contribution in [0.2, 0.25) is 0 Å². The number of imide groups is 2. The number of hydrogen-bond donors (Lipinski definition) is 2. The Hall–Kier alpha value is -2.84. The van der Waals surface area contributed by atoms with Gasteiger partial charge in [0.25, 0.3) is 0 Å². The van der Waals surface area contributed by atoms with Gasteiger partial charge in [-0.05, 0) is 12.1 Å². The molecule has 0 aromatic carbocycles. The molecule has 0 fully saturated rings. The highest BCUT2D eigenvalue weighted by Crippen LogP contribution is 2.10. The number of carbonyl (C=O) groups is 4. The fraction of sp³-hybridized carbons (Fsp3) is 0.333. The molecule has 0 atom stereocenters. The van der Waals surface area contributed by atoms with Crippen LogP contribution in [0.5, 0.6) is 0 Å². The molecule has 0 unspecified atom stereocenters. The minimum atomic E-state index is -0.891. The van der Waals surface area contributed by atoms with Crippen molar-refractivity contribution in [2.75, 3.05) is 0 Å². The summed E-state index contributed by atoms with van der Waals surface area (Å²) in [4.78, 5) is 43.3. The molecule has 21 heavy (non-hydrogen) atoms. The van der Waals surface area contributed by atoms with E-state index in [1.165, 1.54) is 26.0 Å². The molecule has 1 aromatic heterocycles. The van der Waals surface area contributed by atoms with Gasteiger partial charge in [0.15, 0.2) is 13.2 Å². The minimum absolute atomic E-state index is 0.182. The first-order chi connectivity index (χ1) is 9.86. The van der Waals surface area contributed by atoms with Crippen LogP contribution in [0.25, 0.3) is 0 Å². The van der Waals surface area contributed by atoms with Crippen molar-refractivity contribution in [3.05, 3.63) is 23.7 Å². The van der Waals surface area contributed by atoms with E-state index in [0.717, 1.165) is 0 Å². The molecule has 0 radical (unpaired) electrons. The lowest BCUT2D eigenvalue weighted by atomic mass is 10.4. The quantitative estimate of drug-likeness (QED) is 0.843. The smallest absolute Gasteiger partial charge is 0.414 e. The number of alkyl carbamates (subject to hydrolysis) is 2. The highest BCUT2D eigenvalue weighted by Gasteiger charge is 2.10. The predicted octanol–water partition coefficient (Wildman–Crippen LogP) is 0.825. The second-order valence-electron chi connectivity index (χ2n) is 3.88. The molecule has 0 aliphatic carbocycles. The monoisotopic (exact) mass is 298 g/mol. The number of ether oxygens (including phenoxy) is 2. The van der Waals surface area contributed by atoms with Gasteiger partial charge < -0.3 is 13.9 Å². The van der Waals surface area contributed by atoms with Gasteiger partial charge in [0.2, 0.25) is 11.8 Å². The summed E-state index contributed by atoms with van der Waals surface area (Å²) in [6, 6.07) is 3.03. The van der Waals surface area contributed by atoms with Crippen LogP contribution in [-0.4, -0.2) is 24.0 Å². The number of rotatable bonds is 4. The summed E-state index contributed by atoms with van der Waals surface area (Å²) in [7, 11) is 0. The van der Waals surface area contributed by atoms with Gasteiger partial charge in [-0.15, -0.1) is 0 Å². The zero-order valence-corrected chi connectivity index (χ0v) is 11.4. The molecule has 0 bridgehead atoms. The first-order valence-electron chi connectivity index (χ1n) is 5.83. The molecular formula is C12H14N2O7. The van der Waals surface area contributed by atoms with E-state index in [9.17, 15) is 19.2 Å². The zero-order chi connectivity index (χ0) is 15.8. The Bertz CT molecular complexity index is 503. The lowest BCUT2D eigenvalue weighted by Gasteiger charge is -2.03. The largest absolute Gasteiger partial charge is 0.459 e. The molecule has 9 heteroatoms. The van der Waals surface area contributed by atoms with Crippen LogP contribution in [0.3, 0.4) is 0 Å². The SMILES string of the molecule is CC(=O)NC(=O)OCc1ccc(COC(=O)NC(C)=O)o1. The standard InChI is InChI=1S/C12H14N2O7/c1-7(15)13-11(17)19-5-9-3-4-10(21-9)6-20-12(18)14-8(2)16/h3-4H,5-6H2,1-2H3,(H,13,15,17)(H,14,16,18). The fourth-order valence-corrected chi connectivity index (χ4v) is 1.21. The van der Waals surface area contributed by atoms with E-state index < -0.39 is 24.0 Å². The highest BCUT2D eigenvalue weighted by atomic mass is 16.6. The summed E-state index contributed by atoms with van der Waals surface area (Å²) in [5.74, 6) is -0.464. The van der Waals surface area contributed by atoms with E-state index in [4.69, 9.17) is 13.9 Å². The van der Waals surface area contributed by atoms with Crippen molar-refractivity contribution in [3.63, 3.8) is 0 Å². The number of amides is 4. The van der Waals surface area contributed by atoms with Crippen LogP contribution >= 0.6 is 0 Å². The Balaban J connectivity index is 2.36. The highest BCUT2D eigenvalue weighted by molar-refractivity contribution is 5.90. The van der Waals surface area contributed by atoms with E-state index in [-0.39, 0.29) is 13.2 Å². The van der Waals surface area contributed by atoms with Crippen molar-refractivity contribution in [1.82, 2.24) is 10.6 Å². The average Bonchev–Trinajstić information content (AvgIpc) is 2.80. The summed E-state index contributed by atoms with van der Waals surface area (Å²) in [6.07, 6.45) is -1.78. The minimum Gasteiger partial charge on any atom is -0.459 e. The van der Waals surface area contributed by atoms with Gasteiger partial charge in [0.05, 0.1) is 0 Å². The molecule has 4 amide bonds. The lowest BCUT2D eigenvalue weighted by Crippen LogP contribution is -2.28. The van der Waals surface area contributed by atoms with Gasteiger partial charge in [-0.25, -0.2) is 9.59 Å². The summed E-state index contributed by atoms with van der Waals surface area (Å²) < 4.78 is 14.6. The van der Waals surface area contributed by atoms with Crippen LogP contribution in [0, 0.1) is 0 Å². The lowest BCUT2D eigenvalue weighted by molar-refractivity contribution is -0.119. The van der Waals surface area contributed by atoms with Gasteiger partial charge in [-0.2, -0.15) is 0 Å². The predicted molar refractivity (Wildman–Crippen MR) is 66.7 cm³/mol. The van der Waals surface area contributed by atoms with Crippen molar-refractivity contribution in [2.24, 2.45) is 0 Å². The number of hydrogen-bond acceptors (Lipinski definition) is 7. The van der Waals surface area contributed by atoms with E-state index >= 15 is 0 Å². The van der Waals surface area contributed by atoms with E-state index in [0.29, 0.717) is 11.5 Å². The maximum absolute atomic E-state index is 11.0. The Labute approximate surface area is 119 Å². The van der Waals surface area contributed by atoms with Crippen molar-refractivity contribution in [1.29, 1.82) is 0 Å². The molecule has 1 heterocycles. The number of carbonyl (C=O) groups excluding carboxylic acids is 4. The van der Waals surface area contributed by atoms with Crippen LogP contribution in [0.4, 0.5) is 9.59 Å². The van der Waals surface area contributed by atoms with Crippen molar-refractivity contribution < 1.29 is 33.1 Å². The van der Waals surface area contributed by atoms with Crippen LogP contribution in [0.1, 0.15) is 25.4 Å². The van der Waals surface area contributed by atoms with Crippen LogP contribution in [0.15, 0.2) is 16.5 Å². The summed E-state index contributed by atoms with van der Waals surface area (Å²) >= 11 is 0. The second-order valence-corrected chi connectivity index (χ2v) is 3.88. The molecule has 0 spiro atoms. The Kier molecular flexibility index (Phi) is 5.93.